The number of hydrogen-bond donors (Lipinski definition) is 0. The van der Waals surface area contributed by atoms with Crippen molar-refractivity contribution in [1.82, 2.24) is 4.90 Å². The number of hydrogen-bond acceptors (Lipinski definition) is 3. The van der Waals surface area contributed by atoms with Gasteiger partial charge in [0.15, 0.2) is 14.1 Å². The van der Waals surface area contributed by atoms with Gasteiger partial charge >= 0.3 is 0 Å². The van der Waals surface area contributed by atoms with Gasteiger partial charge in [0.1, 0.15) is 6.10 Å². The van der Waals surface area contributed by atoms with E-state index in [1.807, 2.05) is 25.2 Å². The fourth-order valence-corrected chi connectivity index (χ4v) is 3.31. The molecule has 0 spiro atoms. The quantitative estimate of drug-likeness (QED) is 0.586. The molecule has 0 N–H and O–H groups in total. The van der Waals surface area contributed by atoms with Gasteiger partial charge in [0, 0.05) is 25.9 Å². The summed E-state index contributed by atoms with van der Waals surface area (Å²) in [5.74, 6) is 0.199. The van der Waals surface area contributed by atoms with Crippen LogP contribution in [0.3, 0.4) is 0 Å². The van der Waals surface area contributed by atoms with Gasteiger partial charge in [-0.3, -0.25) is 4.79 Å². The Labute approximate surface area is 119 Å². The Kier molecular flexibility index (Phi) is 5.01. The summed E-state index contributed by atoms with van der Waals surface area (Å²) >= 11 is 0. The zero-order valence-electron chi connectivity index (χ0n) is 13.5. The number of rotatable bonds is 3. The first-order valence-electron chi connectivity index (χ1n) is 7.14. The molecule has 1 fully saturated rings. The highest BCUT2D eigenvalue weighted by Gasteiger charge is 2.41. The fraction of sp³-hybridized carbons (Fsp3) is 0.800. The molecule has 1 unspecified atom stereocenters. The second-order valence-corrected chi connectivity index (χ2v) is 12.0. The second kappa shape index (κ2) is 5.79. The van der Waals surface area contributed by atoms with Gasteiger partial charge in [-0.05, 0) is 37.4 Å². The van der Waals surface area contributed by atoms with E-state index in [0.717, 1.165) is 24.8 Å². The molecule has 19 heavy (non-hydrogen) atoms. The number of ketones is 1. The normalized spacial score (nSPS) is 23.8. The summed E-state index contributed by atoms with van der Waals surface area (Å²) in [6.07, 6.45) is 4.53. The Morgan fingerprint density at radius 3 is 2.37 bits per heavy atom. The molecule has 0 amide bonds. The lowest BCUT2D eigenvalue weighted by atomic mass is 9.92. The molecule has 0 radical (unpaired) electrons. The van der Waals surface area contributed by atoms with E-state index in [2.05, 4.69) is 33.9 Å². The zero-order valence-corrected chi connectivity index (χ0v) is 14.5. The maximum atomic E-state index is 12.5. The largest absolute Gasteiger partial charge is 0.407 e. The third-order valence-electron chi connectivity index (χ3n) is 4.18. The van der Waals surface area contributed by atoms with Crippen LogP contribution in [-0.4, -0.2) is 39.2 Å². The van der Waals surface area contributed by atoms with Gasteiger partial charge in [0.05, 0.1) is 0 Å². The summed E-state index contributed by atoms with van der Waals surface area (Å²) in [7, 11) is 2.05. The van der Waals surface area contributed by atoms with Crippen molar-refractivity contribution in [2.75, 3.05) is 14.1 Å². The van der Waals surface area contributed by atoms with Crippen LogP contribution in [0.1, 0.15) is 40.0 Å². The number of nitrogens with zero attached hydrogens (tertiary/aromatic N) is 1. The van der Waals surface area contributed by atoms with Crippen LogP contribution in [0.4, 0.5) is 0 Å². The summed E-state index contributed by atoms with van der Waals surface area (Å²) in [5.41, 5.74) is 0.917. The van der Waals surface area contributed by atoms with Gasteiger partial charge in [-0.1, -0.05) is 20.8 Å². The van der Waals surface area contributed by atoms with Gasteiger partial charge in [-0.15, -0.1) is 0 Å². The van der Waals surface area contributed by atoms with Gasteiger partial charge in [-0.2, -0.15) is 0 Å². The van der Waals surface area contributed by atoms with E-state index in [9.17, 15) is 4.79 Å². The smallest absolute Gasteiger partial charge is 0.193 e. The molecular formula is C15H29NO2Si. The summed E-state index contributed by atoms with van der Waals surface area (Å²) in [6, 6.07) is 0. The molecule has 1 aliphatic carbocycles. The Hall–Kier alpha value is -0.613. The molecule has 4 heteroatoms. The van der Waals surface area contributed by atoms with Crippen molar-refractivity contribution in [1.29, 1.82) is 0 Å². The molecule has 0 saturated heterocycles. The Balaban J connectivity index is 2.83. The molecule has 3 nitrogen and oxygen atoms in total. The van der Waals surface area contributed by atoms with Gasteiger partial charge in [0.2, 0.25) is 0 Å². The number of Topliss-reactive ketones (excluding diaryl/α,β-unsaturated/α-hetero) is 1. The van der Waals surface area contributed by atoms with E-state index >= 15 is 0 Å². The van der Waals surface area contributed by atoms with Crippen molar-refractivity contribution in [2.45, 2.75) is 64.3 Å². The van der Waals surface area contributed by atoms with Crippen molar-refractivity contribution >= 4 is 14.1 Å². The predicted molar refractivity (Wildman–Crippen MR) is 82.7 cm³/mol. The molecule has 1 atom stereocenters. The monoisotopic (exact) mass is 283 g/mol. The third-order valence-corrected chi connectivity index (χ3v) is 8.66. The molecule has 1 aliphatic rings. The van der Waals surface area contributed by atoms with Crippen LogP contribution < -0.4 is 0 Å². The lowest BCUT2D eigenvalue weighted by Gasteiger charge is -2.40. The van der Waals surface area contributed by atoms with Crippen molar-refractivity contribution in [2.24, 2.45) is 0 Å². The topological polar surface area (TPSA) is 29.5 Å². The summed E-state index contributed by atoms with van der Waals surface area (Å²) < 4.78 is 6.30. The van der Waals surface area contributed by atoms with Crippen LogP contribution in [0.25, 0.3) is 0 Å². The van der Waals surface area contributed by atoms with Gasteiger partial charge in [-0.25, -0.2) is 0 Å². The molecule has 1 saturated carbocycles. The molecule has 1 rings (SSSR count). The van der Waals surface area contributed by atoms with E-state index in [1.54, 1.807) is 0 Å². The Bertz CT molecular complexity index is 367. The van der Waals surface area contributed by atoms with Crippen LogP contribution in [-0.2, 0) is 9.22 Å². The maximum absolute atomic E-state index is 12.5. The minimum absolute atomic E-state index is 0.149. The molecule has 0 heterocycles. The maximum Gasteiger partial charge on any atom is 0.193 e. The molecular weight excluding hydrogens is 254 g/mol. The van der Waals surface area contributed by atoms with Crippen LogP contribution in [0, 0.1) is 0 Å². The average Bonchev–Trinajstić information content (AvgIpc) is 2.21. The minimum atomic E-state index is -1.87. The minimum Gasteiger partial charge on any atom is -0.407 e. The van der Waals surface area contributed by atoms with Gasteiger partial charge < -0.3 is 9.33 Å². The van der Waals surface area contributed by atoms with Crippen LogP contribution in [0.15, 0.2) is 11.8 Å². The average molecular weight is 283 g/mol. The highest BCUT2D eigenvalue weighted by atomic mass is 28.4. The molecule has 0 aromatic carbocycles. The third kappa shape index (κ3) is 4.18. The van der Waals surface area contributed by atoms with E-state index in [1.165, 1.54) is 0 Å². The number of carbonyl (C=O) groups excluding carboxylic acids is 1. The molecule has 0 aromatic heterocycles. The lowest BCUT2D eigenvalue weighted by Crippen LogP contribution is -2.47. The molecule has 110 valence electrons. The van der Waals surface area contributed by atoms with Crippen molar-refractivity contribution in [3.63, 3.8) is 0 Å². The highest BCUT2D eigenvalue weighted by molar-refractivity contribution is 6.74. The fourth-order valence-electron chi connectivity index (χ4n) is 2.02. The van der Waals surface area contributed by atoms with E-state index in [4.69, 9.17) is 4.43 Å². The van der Waals surface area contributed by atoms with Crippen molar-refractivity contribution < 1.29 is 9.22 Å². The summed E-state index contributed by atoms with van der Waals surface area (Å²) in [5, 5.41) is 0.149. The predicted octanol–water partition coefficient (Wildman–Crippen LogP) is 3.58. The first-order chi connectivity index (χ1) is 8.54. The first-order valence-corrected chi connectivity index (χ1v) is 10.0. The molecule has 0 bridgehead atoms. The van der Waals surface area contributed by atoms with Gasteiger partial charge in [0.25, 0.3) is 0 Å². The highest BCUT2D eigenvalue weighted by Crippen LogP contribution is 2.39. The number of carbonyl (C=O) groups is 1. The zero-order chi connectivity index (χ0) is 14.8. The molecule has 0 aromatic rings. The van der Waals surface area contributed by atoms with E-state index in [0.29, 0.717) is 0 Å². The van der Waals surface area contributed by atoms with E-state index < -0.39 is 8.32 Å². The Morgan fingerprint density at radius 1 is 1.32 bits per heavy atom. The standard InChI is InChI=1S/C15H29NO2Si/c1-15(2,3)19(6,7)18-13-10-8-9-12(14(13)17)11-16(4)5/h11,13H,8-10H2,1-7H3. The van der Waals surface area contributed by atoms with Crippen LogP contribution in [0.2, 0.25) is 18.1 Å². The Morgan fingerprint density at radius 2 is 1.89 bits per heavy atom. The van der Waals surface area contributed by atoms with Crippen molar-refractivity contribution in [3.8, 4) is 0 Å². The second-order valence-electron chi connectivity index (χ2n) is 7.24. The summed E-state index contributed by atoms with van der Waals surface area (Å²) in [4.78, 5) is 14.4. The lowest BCUT2D eigenvalue weighted by molar-refractivity contribution is -0.124. The van der Waals surface area contributed by atoms with Crippen LogP contribution >= 0.6 is 0 Å². The molecule has 0 aliphatic heterocycles. The van der Waals surface area contributed by atoms with E-state index in [-0.39, 0.29) is 16.9 Å². The SMILES string of the molecule is CN(C)C=C1CCCC(O[Si](C)(C)C(C)(C)C)C1=O. The first kappa shape index (κ1) is 16.4. The van der Waals surface area contributed by atoms with Crippen LogP contribution in [0.5, 0.6) is 0 Å². The summed E-state index contributed by atoms with van der Waals surface area (Å²) in [6.45, 7) is 11.1. The van der Waals surface area contributed by atoms with Crippen molar-refractivity contribution in [3.05, 3.63) is 11.8 Å².